The van der Waals surface area contributed by atoms with Crippen molar-refractivity contribution in [1.82, 2.24) is 0 Å². The van der Waals surface area contributed by atoms with E-state index in [-0.39, 0.29) is 21.6 Å². The van der Waals surface area contributed by atoms with Gasteiger partial charge in [-0.25, -0.2) is 4.39 Å². The highest BCUT2D eigenvalue weighted by atomic mass is 35.5. The van der Waals surface area contributed by atoms with Gasteiger partial charge in [0.25, 0.3) is 0 Å². The third-order valence-corrected chi connectivity index (χ3v) is 2.13. The van der Waals surface area contributed by atoms with E-state index in [1.165, 1.54) is 6.07 Å². The minimum Gasteiger partial charge on any atom is -0.369 e. The Balaban J connectivity index is 3.01. The van der Waals surface area contributed by atoms with E-state index in [1.54, 1.807) is 0 Å². The van der Waals surface area contributed by atoms with Gasteiger partial charge in [-0.15, -0.1) is 5.10 Å². The minimum atomic E-state index is -0.557. The van der Waals surface area contributed by atoms with Crippen LogP contribution in [0.3, 0.4) is 0 Å². The largest absolute Gasteiger partial charge is 0.369 e. The zero-order valence-electron chi connectivity index (χ0n) is 7.42. The van der Waals surface area contributed by atoms with E-state index in [0.717, 1.165) is 12.3 Å². The molecule has 0 aliphatic heterocycles. The van der Waals surface area contributed by atoms with Gasteiger partial charge in [0.2, 0.25) is 5.96 Å². The van der Waals surface area contributed by atoms with Crippen molar-refractivity contribution in [3.8, 4) is 0 Å². The molecule has 7 heteroatoms. The van der Waals surface area contributed by atoms with E-state index in [9.17, 15) is 4.39 Å². The number of nitrogens with zero attached hydrogens (tertiary/aromatic N) is 2. The van der Waals surface area contributed by atoms with Gasteiger partial charge in [-0.1, -0.05) is 23.2 Å². The maximum Gasteiger partial charge on any atom is 0.211 e. The average Bonchev–Trinajstić information content (AvgIpc) is 2.13. The van der Waals surface area contributed by atoms with Crippen molar-refractivity contribution in [2.75, 3.05) is 0 Å². The van der Waals surface area contributed by atoms with Crippen LogP contribution >= 0.6 is 23.2 Å². The predicted molar refractivity (Wildman–Crippen MR) is 59.8 cm³/mol. The second-order valence-corrected chi connectivity index (χ2v) is 3.37. The van der Waals surface area contributed by atoms with Crippen molar-refractivity contribution in [3.05, 3.63) is 33.6 Å². The molecule has 0 amide bonds. The third kappa shape index (κ3) is 3.38. The Labute approximate surface area is 95.4 Å². The van der Waals surface area contributed by atoms with E-state index in [1.807, 2.05) is 0 Å². The lowest BCUT2D eigenvalue weighted by atomic mass is 10.2. The van der Waals surface area contributed by atoms with Crippen LogP contribution in [0.4, 0.5) is 4.39 Å². The van der Waals surface area contributed by atoms with E-state index >= 15 is 0 Å². The van der Waals surface area contributed by atoms with Crippen LogP contribution in [-0.4, -0.2) is 12.2 Å². The lowest BCUT2D eigenvalue weighted by Gasteiger charge is -1.98. The van der Waals surface area contributed by atoms with Crippen LogP contribution in [-0.2, 0) is 0 Å². The molecule has 15 heavy (non-hydrogen) atoms. The van der Waals surface area contributed by atoms with Crippen molar-refractivity contribution in [2.24, 2.45) is 21.7 Å². The van der Waals surface area contributed by atoms with Gasteiger partial charge in [0.1, 0.15) is 5.82 Å². The summed E-state index contributed by atoms with van der Waals surface area (Å²) in [4.78, 5) is 0. The lowest BCUT2D eigenvalue weighted by Crippen LogP contribution is -2.21. The fourth-order valence-electron chi connectivity index (χ4n) is 0.795. The number of hydrogen-bond donors (Lipinski definition) is 2. The van der Waals surface area contributed by atoms with Gasteiger partial charge in [-0.3, -0.25) is 0 Å². The Morgan fingerprint density at radius 1 is 1.27 bits per heavy atom. The van der Waals surface area contributed by atoms with E-state index in [2.05, 4.69) is 10.2 Å². The number of benzene rings is 1. The predicted octanol–water partition coefficient (Wildman–Crippen LogP) is 1.74. The molecule has 0 heterocycles. The zero-order valence-corrected chi connectivity index (χ0v) is 8.93. The molecule has 4 N–H and O–H groups in total. The Hall–Kier alpha value is -1.33. The first-order valence-electron chi connectivity index (χ1n) is 3.77. The summed E-state index contributed by atoms with van der Waals surface area (Å²) < 4.78 is 13.2. The van der Waals surface area contributed by atoms with Crippen LogP contribution in [0.1, 0.15) is 5.56 Å². The Bertz CT molecular complexity index is 427. The van der Waals surface area contributed by atoms with Gasteiger partial charge in [0.15, 0.2) is 0 Å². The zero-order chi connectivity index (χ0) is 11.4. The molecule has 0 radical (unpaired) electrons. The maximum absolute atomic E-state index is 13.2. The molecule has 1 aromatic carbocycles. The number of guanidine groups is 1. The van der Waals surface area contributed by atoms with Gasteiger partial charge < -0.3 is 11.5 Å². The van der Waals surface area contributed by atoms with Gasteiger partial charge in [-0.05, 0) is 12.1 Å². The second-order valence-electron chi connectivity index (χ2n) is 2.56. The molecule has 1 rings (SSSR count). The smallest absolute Gasteiger partial charge is 0.211 e. The van der Waals surface area contributed by atoms with Crippen LogP contribution in [0.5, 0.6) is 0 Å². The molecule has 0 spiro atoms. The Morgan fingerprint density at radius 3 is 2.47 bits per heavy atom. The molecule has 0 bridgehead atoms. The molecule has 0 saturated carbocycles. The van der Waals surface area contributed by atoms with Crippen molar-refractivity contribution in [3.63, 3.8) is 0 Å². The third-order valence-electron chi connectivity index (χ3n) is 1.41. The first kappa shape index (κ1) is 11.7. The topological polar surface area (TPSA) is 76.8 Å². The van der Waals surface area contributed by atoms with Crippen molar-refractivity contribution >= 4 is 35.4 Å². The summed E-state index contributed by atoms with van der Waals surface area (Å²) in [5.74, 6) is -0.773. The van der Waals surface area contributed by atoms with Crippen LogP contribution in [0, 0.1) is 5.82 Å². The van der Waals surface area contributed by atoms with E-state index in [0.29, 0.717) is 0 Å². The van der Waals surface area contributed by atoms with E-state index in [4.69, 9.17) is 34.7 Å². The van der Waals surface area contributed by atoms with Gasteiger partial charge in [-0.2, -0.15) is 5.10 Å². The fourth-order valence-corrected chi connectivity index (χ4v) is 1.12. The van der Waals surface area contributed by atoms with Crippen molar-refractivity contribution in [2.45, 2.75) is 0 Å². The minimum absolute atomic E-state index is 0.133. The Morgan fingerprint density at radius 2 is 1.87 bits per heavy atom. The molecule has 4 nitrogen and oxygen atoms in total. The normalized spacial score (nSPS) is 10.6. The first-order valence-corrected chi connectivity index (χ1v) is 4.53. The molecule has 0 fully saturated rings. The van der Waals surface area contributed by atoms with Crippen LogP contribution < -0.4 is 11.5 Å². The summed E-state index contributed by atoms with van der Waals surface area (Å²) in [6.07, 6.45) is 1.14. The first-order chi connectivity index (χ1) is 7.00. The van der Waals surface area contributed by atoms with Crippen LogP contribution in [0.2, 0.25) is 10.0 Å². The van der Waals surface area contributed by atoms with E-state index < -0.39 is 5.82 Å². The second kappa shape index (κ2) is 4.95. The SMILES string of the molecule is NC(N)=N/N=C/c1cc(Cl)c(Cl)cc1F. The van der Waals surface area contributed by atoms with Gasteiger partial charge >= 0.3 is 0 Å². The Kier molecular flexibility index (Phi) is 3.88. The molecule has 0 aliphatic carbocycles. The molecule has 0 atom stereocenters. The summed E-state index contributed by atoms with van der Waals surface area (Å²) in [6.45, 7) is 0. The molecule has 80 valence electrons. The molecule has 0 unspecified atom stereocenters. The molecule has 0 aliphatic rings. The fraction of sp³-hybridized carbons (Fsp3) is 0. The number of rotatable bonds is 2. The average molecular weight is 249 g/mol. The highest BCUT2D eigenvalue weighted by Crippen LogP contribution is 2.24. The standard InChI is InChI=1S/C8H7Cl2FN4/c9-5-1-4(3-14-15-8(12)13)7(11)2-6(5)10/h1-3H,(H4,12,13,15)/b14-3+. The van der Waals surface area contributed by atoms with Gasteiger partial charge in [0.05, 0.1) is 16.3 Å². The lowest BCUT2D eigenvalue weighted by molar-refractivity contribution is 0.626. The maximum atomic E-state index is 13.2. The molecule has 1 aromatic rings. The monoisotopic (exact) mass is 248 g/mol. The number of nitrogens with two attached hydrogens (primary N) is 2. The number of hydrogen-bond acceptors (Lipinski definition) is 2. The summed E-state index contributed by atoms with van der Waals surface area (Å²) in [5.41, 5.74) is 10.2. The molecular formula is C8H7Cl2FN4. The number of halogens is 3. The highest BCUT2D eigenvalue weighted by Gasteiger charge is 2.04. The summed E-state index contributed by atoms with van der Waals surface area (Å²) in [6, 6.07) is 2.41. The van der Waals surface area contributed by atoms with Crippen LogP contribution in [0.25, 0.3) is 0 Å². The quantitative estimate of drug-likeness (QED) is 0.362. The highest BCUT2D eigenvalue weighted by molar-refractivity contribution is 6.42. The molecular weight excluding hydrogens is 242 g/mol. The van der Waals surface area contributed by atoms with Crippen LogP contribution in [0.15, 0.2) is 22.3 Å². The summed E-state index contributed by atoms with van der Waals surface area (Å²) in [7, 11) is 0. The molecule has 0 aromatic heterocycles. The summed E-state index contributed by atoms with van der Waals surface area (Å²) in [5, 5.41) is 7.11. The molecule has 0 saturated heterocycles. The summed E-state index contributed by atoms with van der Waals surface area (Å²) >= 11 is 11.3. The van der Waals surface area contributed by atoms with Crippen molar-refractivity contribution < 1.29 is 4.39 Å². The van der Waals surface area contributed by atoms with Gasteiger partial charge in [0, 0.05) is 5.56 Å². The van der Waals surface area contributed by atoms with Crippen molar-refractivity contribution in [1.29, 1.82) is 0 Å².